The van der Waals surface area contributed by atoms with Crippen LogP contribution in [-0.4, -0.2) is 42.8 Å². The third-order valence-corrected chi connectivity index (χ3v) is 3.32. The molecular formula is C11H18N2O2. The van der Waals surface area contributed by atoms with Crippen LogP contribution in [0.5, 0.6) is 0 Å². The molecule has 2 rings (SSSR count). The lowest BCUT2D eigenvalue weighted by atomic mass is 9.87. The van der Waals surface area contributed by atoms with Gasteiger partial charge in [-0.2, -0.15) is 0 Å². The Bertz CT molecular complexity index is 249. The van der Waals surface area contributed by atoms with Gasteiger partial charge in [0, 0.05) is 44.9 Å². The molecule has 1 amide bonds. The van der Waals surface area contributed by atoms with Gasteiger partial charge in [0.2, 0.25) is 5.91 Å². The van der Waals surface area contributed by atoms with E-state index >= 15 is 0 Å². The van der Waals surface area contributed by atoms with E-state index in [0.29, 0.717) is 18.6 Å². The Morgan fingerprint density at radius 3 is 2.40 bits per heavy atom. The molecule has 0 spiro atoms. The molecule has 4 nitrogen and oxygen atoms in total. The van der Waals surface area contributed by atoms with Gasteiger partial charge in [-0.05, 0) is 12.8 Å². The second-order valence-corrected chi connectivity index (χ2v) is 4.39. The molecule has 1 heterocycles. The molecular weight excluding hydrogens is 192 g/mol. The maximum absolute atomic E-state index is 12.0. The van der Waals surface area contributed by atoms with Crippen molar-refractivity contribution in [3.63, 3.8) is 0 Å². The van der Waals surface area contributed by atoms with E-state index in [1.165, 1.54) is 0 Å². The Hall–Kier alpha value is -0.900. The van der Waals surface area contributed by atoms with E-state index < -0.39 is 0 Å². The van der Waals surface area contributed by atoms with E-state index in [2.05, 4.69) is 5.32 Å². The predicted octanol–water partition coefficient (Wildman–Crippen LogP) is 0.178. The number of carbonyl (C=O) groups excluding carboxylic acids is 2. The summed E-state index contributed by atoms with van der Waals surface area (Å²) in [5, 5.41) is 3.23. The minimum absolute atomic E-state index is 0.112. The fourth-order valence-electron chi connectivity index (χ4n) is 2.33. The average molecular weight is 210 g/mol. The van der Waals surface area contributed by atoms with Crippen LogP contribution in [0.1, 0.15) is 25.7 Å². The third-order valence-electron chi connectivity index (χ3n) is 3.32. The maximum Gasteiger partial charge on any atom is 0.225 e. The summed E-state index contributed by atoms with van der Waals surface area (Å²) in [6.07, 6.45) is 2.73. The van der Waals surface area contributed by atoms with Crippen molar-refractivity contribution in [3.8, 4) is 0 Å². The fraction of sp³-hybridized carbons (Fsp3) is 0.818. The molecule has 0 bridgehead atoms. The van der Waals surface area contributed by atoms with Crippen LogP contribution in [0.3, 0.4) is 0 Å². The molecule has 15 heavy (non-hydrogen) atoms. The van der Waals surface area contributed by atoms with Crippen LogP contribution in [0.4, 0.5) is 0 Å². The highest BCUT2D eigenvalue weighted by atomic mass is 16.2. The molecule has 0 aromatic heterocycles. The largest absolute Gasteiger partial charge is 0.340 e. The molecule has 1 saturated heterocycles. The fourth-order valence-corrected chi connectivity index (χ4v) is 2.33. The van der Waals surface area contributed by atoms with E-state index in [4.69, 9.17) is 0 Å². The van der Waals surface area contributed by atoms with E-state index in [1.807, 2.05) is 4.90 Å². The summed E-state index contributed by atoms with van der Waals surface area (Å²) in [5.41, 5.74) is 0. The number of carbonyl (C=O) groups is 2. The van der Waals surface area contributed by atoms with Gasteiger partial charge in [0.1, 0.15) is 5.78 Å². The van der Waals surface area contributed by atoms with Crippen LogP contribution in [0.2, 0.25) is 0 Å². The van der Waals surface area contributed by atoms with Gasteiger partial charge < -0.3 is 10.2 Å². The standard InChI is InChI=1S/C11H18N2O2/c14-10-3-1-9(2-4-10)11(15)13-7-5-12-6-8-13/h9,12H,1-8H2. The Kier molecular flexibility index (Phi) is 3.36. The number of nitrogens with zero attached hydrogens (tertiary/aromatic N) is 1. The molecule has 0 unspecified atom stereocenters. The Morgan fingerprint density at radius 1 is 1.20 bits per heavy atom. The van der Waals surface area contributed by atoms with Crippen molar-refractivity contribution < 1.29 is 9.59 Å². The zero-order chi connectivity index (χ0) is 10.7. The quantitative estimate of drug-likeness (QED) is 0.671. The second kappa shape index (κ2) is 4.75. The first-order valence-corrected chi connectivity index (χ1v) is 5.78. The Morgan fingerprint density at radius 2 is 1.80 bits per heavy atom. The molecule has 2 aliphatic rings. The highest BCUT2D eigenvalue weighted by Gasteiger charge is 2.28. The van der Waals surface area contributed by atoms with E-state index in [0.717, 1.165) is 39.0 Å². The first-order valence-electron chi connectivity index (χ1n) is 5.78. The highest BCUT2D eigenvalue weighted by molar-refractivity contribution is 5.84. The van der Waals surface area contributed by atoms with Crippen molar-refractivity contribution in [1.82, 2.24) is 10.2 Å². The number of hydrogen-bond acceptors (Lipinski definition) is 3. The molecule has 1 aliphatic carbocycles. The first kappa shape index (κ1) is 10.6. The van der Waals surface area contributed by atoms with Crippen molar-refractivity contribution in [2.75, 3.05) is 26.2 Å². The van der Waals surface area contributed by atoms with Crippen LogP contribution >= 0.6 is 0 Å². The minimum atomic E-state index is 0.112. The van der Waals surface area contributed by atoms with Gasteiger partial charge in [0.15, 0.2) is 0 Å². The maximum atomic E-state index is 12.0. The smallest absolute Gasteiger partial charge is 0.225 e. The lowest BCUT2D eigenvalue weighted by molar-refractivity contribution is -0.138. The van der Waals surface area contributed by atoms with Crippen molar-refractivity contribution in [1.29, 1.82) is 0 Å². The number of rotatable bonds is 1. The molecule has 0 aromatic carbocycles. The summed E-state index contributed by atoms with van der Waals surface area (Å²) < 4.78 is 0. The van der Waals surface area contributed by atoms with Gasteiger partial charge in [-0.1, -0.05) is 0 Å². The lowest BCUT2D eigenvalue weighted by Crippen LogP contribution is -2.48. The zero-order valence-corrected chi connectivity index (χ0v) is 9.00. The summed E-state index contributed by atoms with van der Waals surface area (Å²) in [6.45, 7) is 3.45. The van der Waals surface area contributed by atoms with Crippen molar-refractivity contribution in [3.05, 3.63) is 0 Å². The number of nitrogens with one attached hydrogen (secondary N) is 1. The summed E-state index contributed by atoms with van der Waals surface area (Å²) in [5.74, 6) is 0.698. The molecule has 0 atom stereocenters. The molecule has 1 N–H and O–H groups in total. The van der Waals surface area contributed by atoms with Crippen LogP contribution in [0, 0.1) is 5.92 Å². The van der Waals surface area contributed by atoms with Gasteiger partial charge in [-0.3, -0.25) is 9.59 Å². The van der Waals surface area contributed by atoms with Gasteiger partial charge in [0.05, 0.1) is 0 Å². The Labute approximate surface area is 90.0 Å². The van der Waals surface area contributed by atoms with Crippen LogP contribution in [0.25, 0.3) is 0 Å². The summed E-state index contributed by atoms with van der Waals surface area (Å²) >= 11 is 0. The summed E-state index contributed by atoms with van der Waals surface area (Å²) in [7, 11) is 0. The topological polar surface area (TPSA) is 49.4 Å². The lowest BCUT2D eigenvalue weighted by Gasteiger charge is -2.32. The summed E-state index contributed by atoms with van der Waals surface area (Å²) in [6, 6.07) is 0. The molecule has 0 aromatic rings. The third kappa shape index (κ3) is 2.56. The number of Topliss-reactive ketones (excluding diaryl/α,β-unsaturated/α-hetero) is 1. The van der Waals surface area contributed by atoms with E-state index in [9.17, 15) is 9.59 Å². The molecule has 84 valence electrons. The van der Waals surface area contributed by atoms with Crippen molar-refractivity contribution in [2.45, 2.75) is 25.7 Å². The first-order chi connectivity index (χ1) is 7.27. The molecule has 1 aliphatic heterocycles. The molecule has 0 radical (unpaired) electrons. The van der Waals surface area contributed by atoms with Gasteiger partial charge in [-0.25, -0.2) is 0 Å². The number of piperazine rings is 1. The minimum Gasteiger partial charge on any atom is -0.340 e. The van der Waals surface area contributed by atoms with Crippen LogP contribution < -0.4 is 5.32 Å². The van der Waals surface area contributed by atoms with E-state index in [-0.39, 0.29) is 11.8 Å². The summed E-state index contributed by atoms with van der Waals surface area (Å²) in [4.78, 5) is 25.1. The monoisotopic (exact) mass is 210 g/mol. The van der Waals surface area contributed by atoms with E-state index in [1.54, 1.807) is 0 Å². The molecule has 1 saturated carbocycles. The van der Waals surface area contributed by atoms with Crippen molar-refractivity contribution in [2.24, 2.45) is 5.92 Å². The SMILES string of the molecule is O=C1CCC(C(=O)N2CCNCC2)CC1. The van der Waals surface area contributed by atoms with Gasteiger partial charge in [-0.15, -0.1) is 0 Å². The van der Waals surface area contributed by atoms with Gasteiger partial charge >= 0.3 is 0 Å². The highest BCUT2D eigenvalue weighted by Crippen LogP contribution is 2.23. The van der Waals surface area contributed by atoms with Gasteiger partial charge in [0.25, 0.3) is 0 Å². The average Bonchev–Trinajstić information content (AvgIpc) is 2.30. The van der Waals surface area contributed by atoms with Crippen molar-refractivity contribution >= 4 is 11.7 Å². The zero-order valence-electron chi connectivity index (χ0n) is 9.00. The Balaban J connectivity index is 1.86. The number of ketones is 1. The normalized spacial score (nSPS) is 24.3. The second-order valence-electron chi connectivity index (χ2n) is 4.39. The number of amides is 1. The molecule has 2 fully saturated rings. The predicted molar refractivity (Wildman–Crippen MR) is 56.4 cm³/mol. The van der Waals surface area contributed by atoms with Crippen LogP contribution in [0.15, 0.2) is 0 Å². The number of hydrogen-bond donors (Lipinski definition) is 1. The molecule has 4 heteroatoms. The van der Waals surface area contributed by atoms with Crippen LogP contribution in [-0.2, 0) is 9.59 Å².